The fourth-order valence-corrected chi connectivity index (χ4v) is 1.38. The summed E-state index contributed by atoms with van der Waals surface area (Å²) in [5.74, 6) is 1.08. The second-order valence-electron chi connectivity index (χ2n) is 3.39. The first-order chi connectivity index (χ1) is 6.88. The van der Waals surface area contributed by atoms with Crippen molar-refractivity contribution in [2.24, 2.45) is 0 Å². The average molecular weight is 197 g/mol. The van der Waals surface area contributed by atoms with Crippen molar-refractivity contribution < 1.29 is 4.74 Å². The number of methoxy groups -OCH3 is 1. The minimum absolute atomic E-state index is 0.721. The van der Waals surface area contributed by atoms with E-state index in [4.69, 9.17) is 4.74 Å². The van der Waals surface area contributed by atoms with Gasteiger partial charge in [0, 0.05) is 20.1 Å². The minimum atomic E-state index is 0.721. The van der Waals surface area contributed by atoms with Crippen LogP contribution in [0.4, 0.5) is 0 Å². The molecular weight excluding hydrogens is 178 g/mol. The molecule has 0 aliphatic rings. The summed E-state index contributed by atoms with van der Waals surface area (Å²) in [5.41, 5.74) is 0. The van der Waals surface area contributed by atoms with E-state index >= 15 is 0 Å². The second kappa shape index (κ2) is 6.54. The molecule has 0 N–H and O–H groups in total. The van der Waals surface area contributed by atoms with Gasteiger partial charge in [0.05, 0.1) is 6.61 Å². The van der Waals surface area contributed by atoms with Crippen LogP contribution in [0.1, 0.15) is 32.0 Å². The molecule has 0 fully saturated rings. The Bertz CT molecular complexity index is 247. The predicted molar refractivity (Wildman–Crippen MR) is 55.1 cm³/mol. The monoisotopic (exact) mass is 197 g/mol. The van der Waals surface area contributed by atoms with Gasteiger partial charge in [-0.2, -0.15) is 0 Å². The van der Waals surface area contributed by atoms with Gasteiger partial charge >= 0.3 is 0 Å². The van der Waals surface area contributed by atoms with Crippen LogP contribution in [0.2, 0.25) is 0 Å². The summed E-state index contributed by atoms with van der Waals surface area (Å²) >= 11 is 0. The molecule has 0 aliphatic heterocycles. The van der Waals surface area contributed by atoms with Gasteiger partial charge in [-0.05, 0) is 6.42 Å². The first-order valence-electron chi connectivity index (χ1n) is 5.24. The Labute approximate surface area is 85.3 Å². The summed E-state index contributed by atoms with van der Waals surface area (Å²) in [5, 5.41) is 8.01. The van der Waals surface area contributed by atoms with Crippen molar-refractivity contribution in [3.63, 3.8) is 0 Å². The van der Waals surface area contributed by atoms with Crippen molar-refractivity contribution in [2.75, 3.05) is 13.7 Å². The molecule has 1 rings (SSSR count). The SMILES string of the molecule is CCCCCc1nncn1CCOC. The third kappa shape index (κ3) is 3.46. The van der Waals surface area contributed by atoms with E-state index in [9.17, 15) is 0 Å². The largest absolute Gasteiger partial charge is 0.383 e. The van der Waals surface area contributed by atoms with Gasteiger partial charge in [-0.15, -0.1) is 10.2 Å². The normalized spacial score (nSPS) is 10.7. The van der Waals surface area contributed by atoms with Crippen LogP contribution in [0.5, 0.6) is 0 Å². The smallest absolute Gasteiger partial charge is 0.132 e. The number of hydrogen-bond acceptors (Lipinski definition) is 3. The molecule has 0 aromatic carbocycles. The molecule has 80 valence electrons. The van der Waals surface area contributed by atoms with Crippen molar-refractivity contribution in [1.82, 2.24) is 14.8 Å². The van der Waals surface area contributed by atoms with E-state index in [1.807, 2.05) is 0 Å². The number of nitrogens with zero attached hydrogens (tertiary/aromatic N) is 3. The molecule has 0 saturated carbocycles. The molecule has 0 spiro atoms. The summed E-state index contributed by atoms with van der Waals surface area (Å²) in [6, 6.07) is 0. The fourth-order valence-electron chi connectivity index (χ4n) is 1.38. The second-order valence-corrected chi connectivity index (χ2v) is 3.39. The van der Waals surface area contributed by atoms with Gasteiger partial charge in [0.1, 0.15) is 12.2 Å². The third-order valence-corrected chi connectivity index (χ3v) is 2.24. The van der Waals surface area contributed by atoms with Gasteiger partial charge in [-0.1, -0.05) is 19.8 Å². The quantitative estimate of drug-likeness (QED) is 0.624. The zero-order valence-corrected chi connectivity index (χ0v) is 9.07. The van der Waals surface area contributed by atoms with E-state index in [0.717, 1.165) is 25.4 Å². The van der Waals surface area contributed by atoms with E-state index in [1.165, 1.54) is 19.3 Å². The van der Waals surface area contributed by atoms with Crippen molar-refractivity contribution in [3.8, 4) is 0 Å². The van der Waals surface area contributed by atoms with E-state index < -0.39 is 0 Å². The van der Waals surface area contributed by atoms with Crippen LogP contribution in [0.25, 0.3) is 0 Å². The lowest BCUT2D eigenvalue weighted by Crippen LogP contribution is -2.07. The molecule has 0 unspecified atom stereocenters. The Morgan fingerprint density at radius 1 is 1.43 bits per heavy atom. The highest BCUT2D eigenvalue weighted by Gasteiger charge is 2.02. The Morgan fingerprint density at radius 3 is 3.00 bits per heavy atom. The molecule has 0 aliphatic carbocycles. The molecule has 0 amide bonds. The molecule has 0 saturated heterocycles. The number of aryl methyl sites for hydroxylation is 1. The van der Waals surface area contributed by atoms with Crippen molar-refractivity contribution >= 4 is 0 Å². The van der Waals surface area contributed by atoms with Gasteiger partial charge in [0.2, 0.25) is 0 Å². The molecule has 0 atom stereocenters. The zero-order valence-electron chi connectivity index (χ0n) is 9.07. The summed E-state index contributed by atoms with van der Waals surface area (Å²) in [6.07, 6.45) is 6.50. The zero-order chi connectivity index (χ0) is 10.2. The number of unbranched alkanes of at least 4 members (excludes halogenated alkanes) is 2. The number of hydrogen-bond donors (Lipinski definition) is 0. The molecule has 1 aromatic rings. The molecule has 1 heterocycles. The summed E-state index contributed by atoms with van der Waals surface area (Å²) in [6.45, 7) is 3.78. The highest BCUT2D eigenvalue weighted by molar-refractivity contribution is 4.85. The Morgan fingerprint density at radius 2 is 2.29 bits per heavy atom. The predicted octanol–water partition coefficient (Wildman–Crippen LogP) is 1.66. The van der Waals surface area contributed by atoms with Crippen LogP contribution in [0, 0.1) is 0 Å². The molecular formula is C10H19N3O. The van der Waals surface area contributed by atoms with Gasteiger partial charge in [-0.25, -0.2) is 0 Å². The third-order valence-electron chi connectivity index (χ3n) is 2.24. The van der Waals surface area contributed by atoms with Crippen LogP contribution in [0.15, 0.2) is 6.33 Å². The molecule has 0 radical (unpaired) electrons. The van der Waals surface area contributed by atoms with E-state index in [1.54, 1.807) is 13.4 Å². The Kier molecular flexibility index (Phi) is 5.22. The molecule has 0 bridgehead atoms. The highest BCUT2D eigenvalue weighted by Crippen LogP contribution is 2.03. The average Bonchev–Trinajstić information content (AvgIpc) is 2.63. The Balaban J connectivity index is 2.37. The van der Waals surface area contributed by atoms with Crippen molar-refractivity contribution in [2.45, 2.75) is 39.2 Å². The number of ether oxygens (including phenoxy) is 1. The molecule has 1 aromatic heterocycles. The summed E-state index contributed by atoms with van der Waals surface area (Å²) < 4.78 is 7.09. The van der Waals surface area contributed by atoms with E-state index in [2.05, 4.69) is 21.7 Å². The summed E-state index contributed by atoms with van der Waals surface area (Å²) in [7, 11) is 1.71. The lowest BCUT2D eigenvalue weighted by atomic mass is 10.2. The highest BCUT2D eigenvalue weighted by atomic mass is 16.5. The van der Waals surface area contributed by atoms with Crippen LogP contribution in [-0.4, -0.2) is 28.5 Å². The van der Waals surface area contributed by atoms with Gasteiger partial charge < -0.3 is 9.30 Å². The van der Waals surface area contributed by atoms with Crippen LogP contribution < -0.4 is 0 Å². The summed E-state index contributed by atoms with van der Waals surface area (Å²) in [4.78, 5) is 0. The first kappa shape index (κ1) is 11.2. The number of aromatic nitrogens is 3. The van der Waals surface area contributed by atoms with Gasteiger partial charge in [-0.3, -0.25) is 0 Å². The molecule has 14 heavy (non-hydrogen) atoms. The van der Waals surface area contributed by atoms with Crippen molar-refractivity contribution in [3.05, 3.63) is 12.2 Å². The van der Waals surface area contributed by atoms with Crippen LogP contribution in [-0.2, 0) is 17.7 Å². The lowest BCUT2D eigenvalue weighted by Gasteiger charge is -2.04. The van der Waals surface area contributed by atoms with Crippen LogP contribution >= 0.6 is 0 Å². The standard InChI is InChI=1S/C10H19N3O/c1-3-4-5-6-10-12-11-9-13(10)7-8-14-2/h9H,3-8H2,1-2H3. The van der Waals surface area contributed by atoms with E-state index in [-0.39, 0.29) is 0 Å². The lowest BCUT2D eigenvalue weighted by molar-refractivity contribution is 0.186. The minimum Gasteiger partial charge on any atom is -0.383 e. The van der Waals surface area contributed by atoms with Crippen LogP contribution in [0.3, 0.4) is 0 Å². The maximum Gasteiger partial charge on any atom is 0.132 e. The maximum atomic E-state index is 5.02. The molecule has 4 nitrogen and oxygen atoms in total. The van der Waals surface area contributed by atoms with Crippen molar-refractivity contribution in [1.29, 1.82) is 0 Å². The first-order valence-corrected chi connectivity index (χ1v) is 5.24. The molecule has 4 heteroatoms. The fraction of sp³-hybridized carbons (Fsp3) is 0.800. The maximum absolute atomic E-state index is 5.02. The number of rotatable bonds is 7. The Hall–Kier alpha value is -0.900. The topological polar surface area (TPSA) is 39.9 Å². The van der Waals surface area contributed by atoms with Gasteiger partial charge in [0.15, 0.2) is 0 Å². The van der Waals surface area contributed by atoms with E-state index in [0.29, 0.717) is 0 Å². The van der Waals surface area contributed by atoms with Gasteiger partial charge in [0.25, 0.3) is 0 Å².